The summed E-state index contributed by atoms with van der Waals surface area (Å²) in [7, 11) is 0. The van der Waals surface area contributed by atoms with E-state index in [0.29, 0.717) is 13.2 Å². The summed E-state index contributed by atoms with van der Waals surface area (Å²) in [6, 6.07) is 10.6. The third-order valence-electron chi connectivity index (χ3n) is 5.80. The fourth-order valence-electron chi connectivity index (χ4n) is 4.36. The van der Waals surface area contributed by atoms with Crippen molar-refractivity contribution in [2.45, 2.75) is 19.8 Å². The molecule has 3 aliphatic rings. The van der Waals surface area contributed by atoms with Gasteiger partial charge in [0.15, 0.2) is 0 Å². The molecule has 0 atom stereocenters. The molecule has 0 radical (unpaired) electrons. The number of carbonyl (C=O) groups excluding carboxylic acids is 1. The molecule has 27 heavy (non-hydrogen) atoms. The Morgan fingerprint density at radius 3 is 2.63 bits per heavy atom. The lowest BCUT2D eigenvalue weighted by Crippen LogP contribution is -2.49. The molecule has 0 aromatic heterocycles. The van der Waals surface area contributed by atoms with Gasteiger partial charge in [0.05, 0.1) is 18.8 Å². The maximum Gasteiger partial charge on any atom is 0.258 e. The van der Waals surface area contributed by atoms with E-state index < -0.39 is 0 Å². The molecule has 0 bridgehead atoms. The first kappa shape index (κ1) is 16.5. The standard InChI is InChI=1S/C22H24N2O3/c1-15-3-2-4-17(13-15)23-7-9-24(10-8-23)22(25)20-18-6-12-26-19(18)14-16-5-11-27-21(16)20/h2-4,13-14H,5-12H2,1H3. The predicted octanol–water partition coefficient (Wildman–Crippen LogP) is 2.83. The van der Waals surface area contributed by atoms with E-state index in [1.165, 1.54) is 11.3 Å². The lowest BCUT2D eigenvalue weighted by Gasteiger charge is -2.36. The minimum Gasteiger partial charge on any atom is -0.493 e. The average molecular weight is 364 g/mol. The molecule has 0 saturated carbocycles. The van der Waals surface area contributed by atoms with Gasteiger partial charge in [0.2, 0.25) is 0 Å². The Bertz CT molecular complexity index is 868. The minimum absolute atomic E-state index is 0.0967. The van der Waals surface area contributed by atoms with Crippen LogP contribution in [-0.2, 0) is 12.8 Å². The van der Waals surface area contributed by atoms with Crippen LogP contribution in [0.25, 0.3) is 0 Å². The quantitative estimate of drug-likeness (QED) is 0.822. The summed E-state index contributed by atoms with van der Waals surface area (Å²) in [5.41, 5.74) is 5.39. The van der Waals surface area contributed by atoms with Gasteiger partial charge in [-0.15, -0.1) is 0 Å². The third-order valence-corrected chi connectivity index (χ3v) is 5.80. The van der Waals surface area contributed by atoms with E-state index in [2.05, 4.69) is 42.2 Å². The highest BCUT2D eigenvalue weighted by molar-refractivity contribution is 6.00. The summed E-state index contributed by atoms with van der Waals surface area (Å²) in [6.07, 6.45) is 1.64. The molecule has 0 spiro atoms. The van der Waals surface area contributed by atoms with E-state index in [4.69, 9.17) is 9.47 Å². The van der Waals surface area contributed by atoms with E-state index in [-0.39, 0.29) is 5.91 Å². The molecule has 1 amide bonds. The second kappa shape index (κ2) is 6.48. The molecule has 5 rings (SSSR count). The van der Waals surface area contributed by atoms with Gasteiger partial charge >= 0.3 is 0 Å². The predicted molar refractivity (Wildman–Crippen MR) is 104 cm³/mol. The molecule has 5 nitrogen and oxygen atoms in total. The third kappa shape index (κ3) is 2.82. The van der Waals surface area contributed by atoms with E-state index in [0.717, 1.165) is 67.2 Å². The molecule has 140 valence electrons. The number of rotatable bonds is 2. The van der Waals surface area contributed by atoms with Crippen LogP contribution in [0.4, 0.5) is 5.69 Å². The number of fused-ring (bicyclic) bond motifs is 2. The van der Waals surface area contributed by atoms with Gasteiger partial charge in [0, 0.05) is 55.8 Å². The zero-order chi connectivity index (χ0) is 18.4. The number of hydrogen-bond donors (Lipinski definition) is 0. The molecule has 0 unspecified atom stereocenters. The van der Waals surface area contributed by atoms with Crippen molar-refractivity contribution in [2.75, 3.05) is 44.3 Å². The first-order chi connectivity index (χ1) is 13.2. The van der Waals surface area contributed by atoms with Crippen LogP contribution in [-0.4, -0.2) is 50.2 Å². The Morgan fingerprint density at radius 2 is 1.81 bits per heavy atom. The van der Waals surface area contributed by atoms with Gasteiger partial charge in [0.1, 0.15) is 11.5 Å². The molecular formula is C22H24N2O3. The van der Waals surface area contributed by atoms with Crippen molar-refractivity contribution < 1.29 is 14.3 Å². The Kier molecular flexibility index (Phi) is 3.96. The van der Waals surface area contributed by atoms with E-state index >= 15 is 0 Å². The van der Waals surface area contributed by atoms with Crippen LogP contribution in [0.5, 0.6) is 11.5 Å². The second-order valence-electron chi connectivity index (χ2n) is 7.53. The second-order valence-corrected chi connectivity index (χ2v) is 7.53. The van der Waals surface area contributed by atoms with Crippen molar-refractivity contribution in [3.8, 4) is 11.5 Å². The van der Waals surface area contributed by atoms with E-state index in [1.807, 2.05) is 4.90 Å². The van der Waals surface area contributed by atoms with Gasteiger partial charge < -0.3 is 19.3 Å². The van der Waals surface area contributed by atoms with Crippen LogP contribution >= 0.6 is 0 Å². The molecule has 3 aliphatic heterocycles. The smallest absolute Gasteiger partial charge is 0.258 e. The van der Waals surface area contributed by atoms with Crippen molar-refractivity contribution in [3.05, 3.63) is 52.6 Å². The highest BCUT2D eigenvalue weighted by Crippen LogP contribution is 2.41. The van der Waals surface area contributed by atoms with Crippen LogP contribution in [0.3, 0.4) is 0 Å². The van der Waals surface area contributed by atoms with Gasteiger partial charge in [-0.3, -0.25) is 4.79 Å². The average Bonchev–Trinajstić information content (AvgIpc) is 3.34. The molecule has 2 aromatic rings. The van der Waals surface area contributed by atoms with E-state index in [1.54, 1.807) is 0 Å². The number of carbonyl (C=O) groups is 1. The number of aryl methyl sites for hydroxylation is 1. The van der Waals surface area contributed by atoms with Crippen molar-refractivity contribution in [2.24, 2.45) is 0 Å². The summed E-state index contributed by atoms with van der Waals surface area (Å²) in [4.78, 5) is 17.7. The number of ether oxygens (including phenoxy) is 2. The van der Waals surface area contributed by atoms with Crippen molar-refractivity contribution in [1.82, 2.24) is 4.90 Å². The Hall–Kier alpha value is -2.69. The summed E-state index contributed by atoms with van der Waals surface area (Å²) in [5.74, 6) is 1.77. The van der Waals surface area contributed by atoms with Gasteiger partial charge in [0.25, 0.3) is 5.91 Å². The molecule has 3 heterocycles. The Morgan fingerprint density at radius 1 is 1.00 bits per heavy atom. The molecule has 1 fully saturated rings. The van der Waals surface area contributed by atoms with Crippen LogP contribution in [0.2, 0.25) is 0 Å². The fraction of sp³-hybridized carbons (Fsp3) is 0.409. The Balaban J connectivity index is 1.38. The first-order valence-electron chi connectivity index (χ1n) is 9.76. The summed E-state index contributed by atoms with van der Waals surface area (Å²) >= 11 is 0. The normalized spacial score (nSPS) is 18.0. The highest BCUT2D eigenvalue weighted by Gasteiger charge is 2.33. The van der Waals surface area contributed by atoms with Crippen LogP contribution < -0.4 is 14.4 Å². The summed E-state index contributed by atoms with van der Waals surface area (Å²) in [6.45, 7) is 6.58. The highest BCUT2D eigenvalue weighted by atomic mass is 16.5. The molecule has 1 saturated heterocycles. The van der Waals surface area contributed by atoms with Gasteiger partial charge in [-0.1, -0.05) is 12.1 Å². The molecule has 5 heteroatoms. The topological polar surface area (TPSA) is 42.0 Å². The van der Waals surface area contributed by atoms with E-state index in [9.17, 15) is 4.79 Å². The van der Waals surface area contributed by atoms with Gasteiger partial charge in [-0.05, 0) is 30.7 Å². The fourth-order valence-corrected chi connectivity index (χ4v) is 4.36. The lowest BCUT2D eigenvalue weighted by molar-refractivity contribution is 0.0742. The molecular weight excluding hydrogens is 340 g/mol. The van der Waals surface area contributed by atoms with Gasteiger partial charge in [-0.25, -0.2) is 0 Å². The van der Waals surface area contributed by atoms with Crippen LogP contribution in [0.15, 0.2) is 30.3 Å². The number of piperazine rings is 1. The van der Waals surface area contributed by atoms with Crippen molar-refractivity contribution in [3.63, 3.8) is 0 Å². The molecule has 0 aliphatic carbocycles. The molecule has 2 aromatic carbocycles. The van der Waals surface area contributed by atoms with Crippen LogP contribution in [0.1, 0.15) is 27.0 Å². The summed E-state index contributed by atoms with van der Waals surface area (Å²) in [5, 5.41) is 0. The largest absolute Gasteiger partial charge is 0.493 e. The van der Waals surface area contributed by atoms with Crippen molar-refractivity contribution >= 4 is 11.6 Å². The maximum absolute atomic E-state index is 13.4. The molecule has 0 N–H and O–H groups in total. The number of hydrogen-bond acceptors (Lipinski definition) is 4. The monoisotopic (exact) mass is 364 g/mol. The Labute approximate surface area is 159 Å². The summed E-state index contributed by atoms with van der Waals surface area (Å²) < 4.78 is 11.6. The zero-order valence-electron chi connectivity index (χ0n) is 15.7. The number of benzene rings is 2. The van der Waals surface area contributed by atoms with Gasteiger partial charge in [-0.2, -0.15) is 0 Å². The van der Waals surface area contributed by atoms with Crippen molar-refractivity contribution in [1.29, 1.82) is 0 Å². The minimum atomic E-state index is 0.0967. The maximum atomic E-state index is 13.4. The SMILES string of the molecule is Cc1cccc(N2CCN(C(=O)c3c4c(cc5c3OCC5)OCC4)CC2)c1. The number of amides is 1. The zero-order valence-corrected chi connectivity index (χ0v) is 15.7. The van der Waals surface area contributed by atoms with Crippen LogP contribution in [0, 0.1) is 6.92 Å². The lowest BCUT2D eigenvalue weighted by atomic mass is 9.98. The number of nitrogens with zero attached hydrogens (tertiary/aromatic N) is 2. The first-order valence-corrected chi connectivity index (χ1v) is 9.76. The number of anilines is 1.